The van der Waals surface area contributed by atoms with Crippen molar-refractivity contribution in [1.29, 1.82) is 0 Å². The average molecular weight is 261 g/mol. The van der Waals surface area contributed by atoms with Gasteiger partial charge in [-0.2, -0.15) is 0 Å². The zero-order chi connectivity index (χ0) is 11.4. The van der Waals surface area contributed by atoms with Crippen molar-refractivity contribution >= 4 is 18.3 Å². The minimum absolute atomic E-state index is 0. The third-order valence-electron chi connectivity index (χ3n) is 4.13. The molecule has 2 fully saturated rings. The topological polar surface area (TPSA) is 32.3 Å². The normalized spacial score (nSPS) is 26.1. The molecule has 4 heteroatoms. The molecule has 1 saturated carbocycles. The summed E-state index contributed by atoms with van der Waals surface area (Å²) in [5.41, 5.74) is 0. The Labute approximate surface area is 111 Å². The zero-order valence-corrected chi connectivity index (χ0v) is 11.6. The Morgan fingerprint density at radius 3 is 2.29 bits per heavy atom. The number of nitrogens with one attached hydrogen (secondary N) is 1. The van der Waals surface area contributed by atoms with Gasteiger partial charge in [-0.1, -0.05) is 25.7 Å². The van der Waals surface area contributed by atoms with Crippen molar-refractivity contribution in [3.05, 3.63) is 0 Å². The van der Waals surface area contributed by atoms with Gasteiger partial charge in [0.2, 0.25) is 5.91 Å². The van der Waals surface area contributed by atoms with Gasteiger partial charge in [0.05, 0.1) is 0 Å². The smallest absolute Gasteiger partial charge is 0.225 e. The van der Waals surface area contributed by atoms with Crippen LogP contribution in [0, 0.1) is 5.92 Å². The predicted octanol–water partition coefficient (Wildman–Crippen LogP) is 2.20. The van der Waals surface area contributed by atoms with Crippen LogP contribution in [0.4, 0.5) is 0 Å². The molecule has 2 aliphatic rings. The largest absolute Gasteiger partial charge is 0.341 e. The lowest BCUT2D eigenvalue weighted by molar-refractivity contribution is -0.136. The van der Waals surface area contributed by atoms with Gasteiger partial charge in [-0.15, -0.1) is 12.4 Å². The van der Waals surface area contributed by atoms with Gasteiger partial charge in [-0.25, -0.2) is 0 Å². The van der Waals surface area contributed by atoms with Crippen LogP contribution in [0.5, 0.6) is 0 Å². The highest BCUT2D eigenvalue weighted by Gasteiger charge is 2.28. The molecule has 100 valence electrons. The van der Waals surface area contributed by atoms with E-state index in [0.717, 1.165) is 32.4 Å². The molecule has 1 N–H and O–H groups in total. The summed E-state index contributed by atoms with van der Waals surface area (Å²) < 4.78 is 0. The number of halogens is 1. The molecule has 1 aliphatic heterocycles. The maximum atomic E-state index is 12.3. The monoisotopic (exact) mass is 260 g/mol. The van der Waals surface area contributed by atoms with Gasteiger partial charge in [-0.05, 0) is 25.8 Å². The van der Waals surface area contributed by atoms with E-state index >= 15 is 0 Å². The number of amides is 1. The van der Waals surface area contributed by atoms with Gasteiger partial charge in [0.25, 0.3) is 0 Å². The van der Waals surface area contributed by atoms with E-state index < -0.39 is 0 Å². The number of carbonyl (C=O) groups is 1. The van der Waals surface area contributed by atoms with Crippen molar-refractivity contribution in [2.45, 2.75) is 51.0 Å². The molecule has 1 saturated heterocycles. The first-order valence-corrected chi connectivity index (χ1v) is 6.76. The van der Waals surface area contributed by atoms with Crippen molar-refractivity contribution in [3.8, 4) is 0 Å². The van der Waals surface area contributed by atoms with Crippen molar-refractivity contribution in [2.24, 2.45) is 5.92 Å². The quantitative estimate of drug-likeness (QED) is 0.772. The van der Waals surface area contributed by atoms with Crippen molar-refractivity contribution in [3.63, 3.8) is 0 Å². The number of likely N-dealkylation sites (N-methyl/N-ethyl adjacent to an activating group) is 1. The van der Waals surface area contributed by atoms with E-state index in [2.05, 4.69) is 5.32 Å². The highest BCUT2D eigenvalue weighted by molar-refractivity contribution is 5.85. The number of nitrogens with zero attached hydrogens (tertiary/aromatic N) is 1. The van der Waals surface area contributed by atoms with E-state index in [1.54, 1.807) is 0 Å². The summed E-state index contributed by atoms with van der Waals surface area (Å²) >= 11 is 0. The van der Waals surface area contributed by atoms with Crippen LogP contribution in [-0.4, -0.2) is 37.0 Å². The minimum atomic E-state index is 0. The molecule has 1 aliphatic carbocycles. The number of carbonyl (C=O) groups excluding carboxylic acids is 1. The Hall–Kier alpha value is -0.280. The molecule has 1 unspecified atom stereocenters. The summed E-state index contributed by atoms with van der Waals surface area (Å²) in [6.45, 7) is 2.04. The van der Waals surface area contributed by atoms with Crippen molar-refractivity contribution in [1.82, 2.24) is 10.2 Å². The predicted molar refractivity (Wildman–Crippen MR) is 72.5 cm³/mol. The molecule has 0 radical (unpaired) electrons. The molecule has 1 heterocycles. The molecule has 0 aromatic heterocycles. The summed E-state index contributed by atoms with van der Waals surface area (Å²) in [5.74, 6) is 0.712. The van der Waals surface area contributed by atoms with E-state index in [4.69, 9.17) is 0 Å². The maximum absolute atomic E-state index is 12.3. The van der Waals surface area contributed by atoms with Crippen LogP contribution < -0.4 is 5.32 Å². The molecule has 0 aromatic rings. The summed E-state index contributed by atoms with van der Waals surface area (Å²) in [6, 6.07) is 0.441. The lowest BCUT2D eigenvalue weighted by atomic mass is 9.98. The van der Waals surface area contributed by atoms with Gasteiger partial charge in [0.1, 0.15) is 0 Å². The number of hydrogen-bond donors (Lipinski definition) is 1. The third kappa shape index (κ3) is 3.85. The lowest BCUT2D eigenvalue weighted by Crippen LogP contribution is -2.41. The van der Waals surface area contributed by atoms with E-state index in [1.165, 1.54) is 25.7 Å². The summed E-state index contributed by atoms with van der Waals surface area (Å²) in [7, 11) is 1.99. The van der Waals surface area contributed by atoms with Crippen LogP contribution in [0.2, 0.25) is 0 Å². The second-order valence-corrected chi connectivity index (χ2v) is 5.28. The molecule has 1 atom stereocenters. The van der Waals surface area contributed by atoms with Crippen LogP contribution in [0.25, 0.3) is 0 Å². The van der Waals surface area contributed by atoms with Gasteiger partial charge in [0, 0.05) is 25.6 Å². The number of rotatable bonds is 2. The molecule has 17 heavy (non-hydrogen) atoms. The molecule has 0 aromatic carbocycles. The standard InChI is InChI=1S/C13H24N2O.ClH/c1-15(12-8-9-14-10-12)13(16)11-6-4-2-3-5-7-11;/h11-12,14H,2-10H2,1H3;1H. The van der Waals surface area contributed by atoms with Gasteiger partial charge in [-0.3, -0.25) is 4.79 Å². The zero-order valence-electron chi connectivity index (χ0n) is 10.8. The summed E-state index contributed by atoms with van der Waals surface area (Å²) in [4.78, 5) is 14.3. The molecular formula is C13H25ClN2O. The Bertz CT molecular complexity index is 230. The van der Waals surface area contributed by atoms with Gasteiger partial charge in [0.15, 0.2) is 0 Å². The minimum Gasteiger partial charge on any atom is -0.341 e. The molecule has 1 amide bonds. The van der Waals surface area contributed by atoms with Crippen molar-refractivity contribution in [2.75, 3.05) is 20.1 Å². The van der Waals surface area contributed by atoms with E-state index in [9.17, 15) is 4.79 Å². The first-order chi connectivity index (χ1) is 7.79. The highest BCUT2D eigenvalue weighted by atomic mass is 35.5. The SMILES string of the molecule is CN(C(=O)C1CCCCCC1)C1CCNC1.Cl. The average Bonchev–Trinajstić information content (AvgIpc) is 2.70. The highest BCUT2D eigenvalue weighted by Crippen LogP contribution is 2.25. The molecule has 0 bridgehead atoms. The van der Waals surface area contributed by atoms with E-state index in [1.807, 2.05) is 11.9 Å². The summed E-state index contributed by atoms with van der Waals surface area (Å²) in [6.07, 6.45) is 8.47. The van der Waals surface area contributed by atoms with Gasteiger partial charge >= 0.3 is 0 Å². The van der Waals surface area contributed by atoms with Crippen LogP contribution in [-0.2, 0) is 4.79 Å². The second kappa shape index (κ2) is 7.22. The van der Waals surface area contributed by atoms with Crippen LogP contribution >= 0.6 is 12.4 Å². The Morgan fingerprint density at radius 2 is 1.76 bits per heavy atom. The van der Waals surface area contributed by atoms with Crippen LogP contribution in [0.3, 0.4) is 0 Å². The molecular weight excluding hydrogens is 236 g/mol. The van der Waals surface area contributed by atoms with Crippen LogP contribution in [0.15, 0.2) is 0 Å². The van der Waals surface area contributed by atoms with Gasteiger partial charge < -0.3 is 10.2 Å². The second-order valence-electron chi connectivity index (χ2n) is 5.28. The number of hydrogen-bond acceptors (Lipinski definition) is 2. The Morgan fingerprint density at radius 1 is 1.12 bits per heavy atom. The molecule has 3 nitrogen and oxygen atoms in total. The molecule has 2 rings (SSSR count). The first kappa shape index (κ1) is 14.8. The fourth-order valence-electron chi connectivity index (χ4n) is 2.96. The third-order valence-corrected chi connectivity index (χ3v) is 4.13. The fraction of sp³-hybridized carbons (Fsp3) is 0.923. The Kier molecular flexibility index (Phi) is 6.28. The van der Waals surface area contributed by atoms with E-state index in [-0.39, 0.29) is 12.4 Å². The lowest BCUT2D eigenvalue weighted by Gasteiger charge is -2.27. The maximum Gasteiger partial charge on any atom is 0.225 e. The first-order valence-electron chi connectivity index (χ1n) is 6.76. The van der Waals surface area contributed by atoms with E-state index in [0.29, 0.717) is 17.9 Å². The molecule has 0 spiro atoms. The Balaban J connectivity index is 0.00000144. The van der Waals surface area contributed by atoms with Crippen LogP contribution in [0.1, 0.15) is 44.9 Å². The summed E-state index contributed by atoms with van der Waals surface area (Å²) in [5, 5.41) is 3.33. The van der Waals surface area contributed by atoms with Crippen molar-refractivity contribution < 1.29 is 4.79 Å². The fourth-order valence-corrected chi connectivity index (χ4v) is 2.96.